The molecule has 5 nitrogen and oxygen atoms in total. The molecule has 0 saturated heterocycles. The summed E-state index contributed by atoms with van der Waals surface area (Å²) in [6.45, 7) is 6.16. The van der Waals surface area contributed by atoms with Gasteiger partial charge in [-0.25, -0.2) is 4.98 Å². The lowest BCUT2D eigenvalue weighted by atomic mass is 10.1. The normalized spacial score (nSPS) is 10.5. The highest BCUT2D eigenvalue weighted by molar-refractivity contribution is 5.73. The van der Waals surface area contributed by atoms with Crippen molar-refractivity contribution in [2.24, 2.45) is 0 Å². The quantitative estimate of drug-likeness (QED) is 0.703. The lowest BCUT2D eigenvalue weighted by molar-refractivity contribution is 0.464. The van der Waals surface area contributed by atoms with Crippen molar-refractivity contribution in [3.63, 3.8) is 0 Å². The summed E-state index contributed by atoms with van der Waals surface area (Å²) in [6.07, 6.45) is 2.37. The second-order valence-corrected chi connectivity index (χ2v) is 6.00. The molecule has 3 N–H and O–H groups in total. The Bertz CT molecular complexity index is 872. The van der Waals surface area contributed by atoms with Crippen LogP contribution in [0.15, 0.2) is 48.8 Å². The maximum atomic E-state index is 6.23. The number of rotatable bonds is 5. The molecule has 0 unspecified atom stereocenters. The zero-order valence-electron chi connectivity index (χ0n) is 14.7. The number of nitrogens with two attached hydrogens (primary N) is 1. The minimum absolute atomic E-state index is 0.344. The van der Waals surface area contributed by atoms with Gasteiger partial charge in [0.05, 0.1) is 0 Å². The van der Waals surface area contributed by atoms with E-state index in [0.717, 1.165) is 23.2 Å². The van der Waals surface area contributed by atoms with Crippen LogP contribution in [0.25, 0.3) is 0 Å². The van der Waals surface area contributed by atoms with Crippen molar-refractivity contribution < 1.29 is 4.74 Å². The van der Waals surface area contributed by atoms with E-state index in [2.05, 4.69) is 34.3 Å². The van der Waals surface area contributed by atoms with E-state index in [1.54, 1.807) is 0 Å². The Hall–Kier alpha value is -3.08. The van der Waals surface area contributed by atoms with E-state index in [1.807, 2.05) is 44.2 Å². The Balaban J connectivity index is 1.89. The average Bonchev–Trinajstić information content (AvgIpc) is 2.58. The average molecular weight is 334 g/mol. The Morgan fingerprint density at radius 2 is 1.76 bits per heavy atom. The summed E-state index contributed by atoms with van der Waals surface area (Å²) in [5.41, 5.74) is 11.0. The molecule has 0 atom stereocenters. The first-order valence-corrected chi connectivity index (χ1v) is 8.28. The fourth-order valence-corrected chi connectivity index (χ4v) is 2.74. The summed E-state index contributed by atoms with van der Waals surface area (Å²) in [4.78, 5) is 8.44. The van der Waals surface area contributed by atoms with Crippen LogP contribution in [-0.4, -0.2) is 9.97 Å². The van der Waals surface area contributed by atoms with E-state index in [0.29, 0.717) is 23.1 Å². The predicted octanol–water partition coefficient (Wildman–Crippen LogP) is 4.77. The van der Waals surface area contributed by atoms with Crippen molar-refractivity contribution in [1.82, 2.24) is 9.97 Å². The fraction of sp³-hybridized carbons (Fsp3) is 0.200. The van der Waals surface area contributed by atoms with Gasteiger partial charge in [-0.2, -0.15) is 4.98 Å². The Kier molecular flexibility index (Phi) is 4.84. The van der Waals surface area contributed by atoms with Gasteiger partial charge >= 0.3 is 0 Å². The van der Waals surface area contributed by atoms with E-state index in [-0.39, 0.29) is 0 Å². The van der Waals surface area contributed by atoms with Gasteiger partial charge in [-0.3, -0.25) is 0 Å². The first-order chi connectivity index (χ1) is 12.1. The number of aryl methyl sites for hydroxylation is 3. The van der Waals surface area contributed by atoms with Gasteiger partial charge in [0.15, 0.2) is 5.82 Å². The molecule has 5 heteroatoms. The number of hydrogen-bond acceptors (Lipinski definition) is 5. The zero-order valence-corrected chi connectivity index (χ0v) is 14.7. The molecule has 1 heterocycles. The molecule has 0 saturated carbocycles. The van der Waals surface area contributed by atoms with Crippen LogP contribution in [0.2, 0.25) is 0 Å². The number of nitrogen functional groups attached to an aromatic ring is 1. The molecule has 25 heavy (non-hydrogen) atoms. The molecule has 0 fully saturated rings. The Morgan fingerprint density at radius 1 is 1.04 bits per heavy atom. The molecule has 0 aliphatic rings. The molecule has 3 rings (SSSR count). The lowest BCUT2D eigenvalue weighted by Gasteiger charge is -2.14. The number of hydrogen-bond donors (Lipinski definition) is 2. The fourth-order valence-electron chi connectivity index (χ4n) is 2.74. The molecular weight excluding hydrogens is 312 g/mol. The van der Waals surface area contributed by atoms with Gasteiger partial charge in [-0.15, -0.1) is 0 Å². The third kappa shape index (κ3) is 3.88. The summed E-state index contributed by atoms with van der Waals surface area (Å²) in [5.74, 6) is 1.59. The molecular formula is C20H22N4O. The highest BCUT2D eigenvalue weighted by atomic mass is 16.5. The van der Waals surface area contributed by atoms with Crippen molar-refractivity contribution in [3.8, 4) is 11.6 Å². The highest BCUT2D eigenvalue weighted by Gasteiger charge is 2.12. The topological polar surface area (TPSA) is 73.1 Å². The molecule has 0 radical (unpaired) electrons. The molecule has 2 aromatic carbocycles. The maximum absolute atomic E-state index is 6.23. The smallest absolute Gasteiger partial charge is 0.248 e. The molecule has 3 aromatic rings. The van der Waals surface area contributed by atoms with Crippen LogP contribution >= 0.6 is 0 Å². The van der Waals surface area contributed by atoms with Gasteiger partial charge in [-0.05, 0) is 55.2 Å². The second-order valence-electron chi connectivity index (χ2n) is 6.00. The molecule has 0 spiro atoms. The molecule has 0 aliphatic carbocycles. The summed E-state index contributed by atoms with van der Waals surface area (Å²) in [7, 11) is 0. The van der Waals surface area contributed by atoms with E-state index < -0.39 is 0 Å². The van der Waals surface area contributed by atoms with Crippen molar-refractivity contribution in [1.29, 1.82) is 0 Å². The first-order valence-electron chi connectivity index (χ1n) is 8.28. The van der Waals surface area contributed by atoms with Gasteiger partial charge in [0.25, 0.3) is 0 Å². The number of aromatic nitrogens is 2. The molecule has 128 valence electrons. The SMILES string of the molecule is CCc1ccccc1Nc1ncnc(Oc2cc(C)cc(C)c2)c1N. The van der Waals surface area contributed by atoms with E-state index in [9.17, 15) is 0 Å². The van der Waals surface area contributed by atoms with Crippen molar-refractivity contribution >= 4 is 17.2 Å². The molecule has 0 amide bonds. The van der Waals surface area contributed by atoms with Gasteiger partial charge < -0.3 is 15.8 Å². The summed E-state index contributed by atoms with van der Waals surface area (Å²) in [6, 6.07) is 14.1. The summed E-state index contributed by atoms with van der Waals surface area (Å²) < 4.78 is 5.89. The maximum Gasteiger partial charge on any atom is 0.248 e. The number of ether oxygens (including phenoxy) is 1. The van der Waals surface area contributed by atoms with Crippen LogP contribution in [0.5, 0.6) is 11.6 Å². The van der Waals surface area contributed by atoms with E-state index >= 15 is 0 Å². The minimum atomic E-state index is 0.344. The Labute approximate surface area is 147 Å². The summed E-state index contributed by atoms with van der Waals surface area (Å²) in [5, 5.41) is 3.28. The van der Waals surface area contributed by atoms with Crippen molar-refractivity contribution in [3.05, 3.63) is 65.5 Å². The van der Waals surface area contributed by atoms with Crippen molar-refractivity contribution in [2.75, 3.05) is 11.1 Å². The van der Waals surface area contributed by atoms with Crippen LogP contribution in [0, 0.1) is 13.8 Å². The third-order valence-corrected chi connectivity index (χ3v) is 3.91. The van der Waals surface area contributed by atoms with Gasteiger partial charge in [-0.1, -0.05) is 31.2 Å². The van der Waals surface area contributed by atoms with Gasteiger partial charge in [0, 0.05) is 5.69 Å². The van der Waals surface area contributed by atoms with Crippen LogP contribution in [-0.2, 0) is 6.42 Å². The molecule has 1 aromatic heterocycles. The van der Waals surface area contributed by atoms with Crippen LogP contribution < -0.4 is 15.8 Å². The monoisotopic (exact) mass is 334 g/mol. The van der Waals surface area contributed by atoms with Gasteiger partial charge in [0.2, 0.25) is 5.88 Å². The standard InChI is InChI=1S/C20H22N4O/c1-4-15-7-5-6-8-17(15)24-19-18(21)20(23-12-22-19)25-16-10-13(2)9-14(3)11-16/h5-12H,4,21H2,1-3H3,(H,22,23,24). The number of anilines is 3. The first kappa shape index (κ1) is 16.8. The van der Waals surface area contributed by atoms with Crippen LogP contribution in [0.3, 0.4) is 0 Å². The third-order valence-electron chi connectivity index (χ3n) is 3.91. The van der Waals surface area contributed by atoms with Gasteiger partial charge in [0.1, 0.15) is 17.8 Å². The largest absolute Gasteiger partial charge is 0.437 e. The molecule has 0 aliphatic heterocycles. The number of para-hydroxylation sites is 1. The number of benzene rings is 2. The second kappa shape index (κ2) is 7.21. The van der Waals surface area contributed by atoms with E-state index in [4.69, 9.17) is 10.5 Å². The number of nitrogens with one attached hydrogen (secondary N) is 1. The van der Waals surface area contributed by atoms with Crippen molar-refractivity contribution in [2.45, 2.75) is 27.2 Å². The van der Waals surface area contributed by atoms with Crippen LogP contribution in [0.1, 0.15) is 23.6 Å². The molecule has 0 bridgehead atoms. The zero-order chi connectivity index (χ0) is 17.8. The van der Waals surface area contributed by atoms with Crippen LogP contribution in [0.4, 0.5) is 17.2 Å². The predicted molar refractivity (Wildman–Crippen MR) is 102 cm³/mol. The lowest BCUT2D eigenvalue weighted by Crippen LogP contribution is -2.04. The number of nitrogens with zero attached hydrogens (tertiary/aromatic N) is 2. The highest BCUT2D eigenvalue weighted by Crippen LogP contribution is 2.32. The minimum Gasteiger partial charge on any atom is -0.437 e. The Morgan fingerprint density at radius 3 is 2.48 bits per heavy atom. The summed E-state index contributed by atoms with van der Waals surface area (Å²) >= 11 is 0. The van der Waals surface area contributed by atoms with E-state index in [1.165, 1.54) is 11.9 Å².